The second kappa shape index (κ2) is 8.77. The van der Waals surface area contributed by atoms with Crippen molar-refractivity contribution in [2.45, 2.75) is 32.9 Å². The Bertz CT molecular complexity index is 464. The van der Waals surface area contributed by atoms with Gasteiger partial charge < -0.3 is 13.8 Å². The van der Waals surface area contributed by atoms with Gasteiger partial charge >= 0.3 is 9.28 Å². The summed E-state index contributed by atoms with van der Waals surface area (Å²) >= 11 is 0. The lowest BCUT2D eigenvalue weighted by Gasteiger charge is -2.33. The van der Waals surface area contributed by atoms with Crippen molar-refractivity contribution in [1.29, 1.82) is 0 Å². The smallest absolute Gasteiger partial charge is 0.396 e. The average Bonchev–Trinajstić information content (AvgIpc) is 2.50. The van der Waals surface area contributed by atoms with Gasteiger partial charge in [0, 0.05) is 25.0 Å². The van der Waals surface area contributed by atoms with Crippen molar-refractivity contribution in [3.63, 3.8) is 0 Å². The number of hydrogen-bond acceptors (Lipinski definition) is 3. The van der Waals surface area contributed by atoms with E-state index in [4.69, 9.17) is 8.85 Å². The highest BCUT2D eigenvalue weighted by atomic mass is 28.3. The number of carbonyl (C=O) groups excluding carboxylic acids is 1. The van der Waals surface area contributed by atoms with Crippen molar-refractivity contribution >= 4 is 20.9 Å². The predicted octanol–water partition coefficient (Wildman–Crippen LogP) is 3.08. The van der Waals surface area contributed by atoms with Crippen LogP contribution in [0.15, 0.2) is 42.5 Å². The standard InChI is InChI=1S/C16H24NO3Si/c1-6-15(21(19-5)20-7-2)17(16(18)13(3)4)14-11-9-8-10-12-14/h8-12,15H,3,6-7H2,1-2,4-5H3. The predicted molar refractivity (Wildman–Crippen MR) is 87.2 cm³/mol. The van der Waals surface area contributed by atoms with Crippen LogP contribution in [0.25, 0.3) is 0 Å². The fraction of sp³-hybridized carbons (Fsp3) is 0.438. The Hall–Kier alpha value is -1.43. The van der Waals surface area contributed by atoms with E-state index in [2.05, 4.69) is 6.58 Å². The van der Waals surface area contributed by atoms with E-state index in [-0.39, 0.29) is 11.6 Å². The van der Waals surface area contributed by atoms with Gasteiger partial charge in [0.1, 0.15) is 0 Å². The Labute approximate surface area is 129 Å². The van der Waals surface area contributed by atoms with Gasteiger partial charge in [-0.25, -0.2) is 0 Å². The molecule has 0 bridgehead atoms. The summed E-state index contributed by atoms with van der Waals surface area (Å²) in [5.41, 5.74) is 1.24. The molecule has 0 aliphatic carbocycles. The number of para-hydroxylation sites is 1. The summed E-state index contributed by atoms with van der Waals surface area (Å²) < 4.78 is 11.3. The highest BCUT2D eigenvalue weighted by molar-refractivity contribution is 6.48. The minimum Gasteiger partial charge on any atom is -0.396 e. The first-order valence-corrected chi connectivity index (χ1v) is 8.53. The van der Waals surface area contributed by atoms with E-state index in [0.717, 1.165) is 12.1 Å². The van der Waals surface area contributed by atoms with Crippen LogP contribution >= 0.6 is 0 Å². The quantitative estimate of drug-likeness (QED) is 0.547. The second-order valence-corrected chi connectivity index (χ2v) is 6.67. The van der Waals surface area contributed by atoms with E-state index in [1.165, 1.54) is 0 Å². The molecule has 1 amide bonds. The highest BCUT2D eigenvalue weighted by Crippen LogP contribution is 2.22. The fourth-order valence-electron chi connectivity index (χ4n) is 2.12. The number of rotatable bonds is 8. The van der Waals surface area contributed by atoms with Crippen LogP contribution in [0.4, 0.5) is 5.69 Å². The minimum atomic E-state index is -1.58. The lowest BCUT2D eigenvalue weighted by molar-refractivity contribution is -0.115. The van der Waals surface area contributed by atoms with Crippen LogP contribution in [0, 0.1) is 0 Å². The molecule has 5 heteroatoms. The molecule has 4 nitrogen and oxygen atoms in total. The summed E-state index contributed by atoms with van der Waals surface area (Å²) in [4.78, 5) is 14.4. The van der Waals surface area contributed by atoms with Crippen molar-refractivity contribution < 1.29 is 13.6 Å². The molecular weight excluding hydrogens is 282 g/mol. The zero-order valence-corrected chi connectivity index (χ0v) is 14.3. The van der Waals surface area contributed by atoms with Crippen LogP contribution in [0.1, 0.15) is 27.2 Å². The van der Waals surface area contributed by atoms with E-state index in [9.17, 15) is 4.79 Å². The van der Waals surface area contributed by atoms with E-state index < -0.39 is 9.28 Å². The van der Waals surface area contributed by atoms with Crippen molar-refractivity contribution in [2.24, 2.45) is 0 Å². The van der Waals surface area contributed by atoms with Gasteiger partial charge in [-0.1, -0.05) is 31.7 Å². The van der Waals surface area contributed by atoms with Gasteiger partial charge in [-0.15, -0.1) is 0 Å². The lowest BCUT2D eigenvalue weighted by atomic mass is 10.2. The summed E-state index contributed by atoms with van der Waals surface area (Å²) in [7, 11) is 0.0563. The van der Waals surface area contributed by atoms with Crippen LogP contribution in [0.5, 0.6) is 0 Å². The molecule has 0 spiro atoms. The molecule has 1 rings (SSSR count). The van der Waals surface area contributed by atoms with Crippen molar-refractivity contribution in [3.8, 4) is 0 Å². The van der Waals surface area contributed by atoms with Crippen molar-refractivity contribution in [1.82, 2.24) is 0 Å². The average molecular weight is 306 g/mol. The Morgan fingerprint density at radius 2 is 1.95 bits per heavy atom. The van der Waals surface area contributed by atoms with Gasteiger partial charge in [0.25, 0.3) is 5.91 Å². The summed E-state index contributed by atoms with van der Waals surface area (Å²) in [5, 5.41) is 0. The monoisotopic (exact) mass is 306 g/mol. The molecule has 1 atom stereocenters. The molecule has 0 aromatic heterocycles. The van der Waals surface area contributed by atoms with Crippen molar-refractivity contribution in [3.05, 3.63) is 42.5 Å². The Morgan fingerprint density at radius 3 is 2.38 bits per heavy atom. The van der Waals surface area contributed by atoms with Gasteiger partial charge in [0.15, 0.2) is 0 Å². The van der Waals surface area contributed by atoms with Crippen LogP contribution in [-0.4, -0.2) is 34.6 Å². The molecule has 0 fully saturated rings. The molecule has 115 valence electrons. The molecule has 1 aromatic rings. The summed E-state index contributed by atoms with van der Waals surface area (Å²) in [6.45, 7) is 10.1. The van der Waals surface area contributed by atoms with Gasteiger partial charge in [-0.2, -0.15) is 0 Å². The van der Waals surface area contributed by atoms with Gasteiger partial charge in [-0.05, 0) is 32.4 Å². The van der Waals surface area contributed by atoms with Crippen LogP contribution in [-0.2, 0) is 13.6 Å². The Morgan fingerprint density at radius 1 is 1.33 bits per heavy atom. The molecule has 0 saturated heterocycles. The van der Waals surface area contributed by atoms with Gasteiger partial charge in [0.05, 0.1) is 5.67 Å². The molecule has 0 saturated carbocycles. The Balaban J connectivity index is 3.20. The largest absolute Gasteiger partial charge is 0.409 e. The number of carbonyl (C=O) groups is 1. The first-order valence-electron chi connectivity index (χ1n) is 7.14. The van der Waals surface area contributed by atoms with Gasteiger partial charge in [-0.3, -0.25) is 4.79 Å². The van der Waals surface area contributed by atoms with Crippen molar-refractivity contribution in [2.75, 3.05) is 18.6 Å². The first-order chi connectivity index (χ1) is 10.1. The molecule has 0 heterocycles. The number of nitrogens with zero attached hydrogens (tertiary/aromatic N) is 1. The normalized spacial score (nSPS) is 12.2. The van der Waals surface area contributed by atoms with E-state index in [0.29, 0.717) is 12.2 Å². The van der Waals surface area contributed by atoms with Crippen LogP contribution in [0.3, 0.4) is 0 Å². The van der Waals surface area contributed by atoms with Crippen LogP contribution in [0.2, 0.25) is 0 Å². The Kier molecular flexibility index (Phi) is 7.35. The fourth-order valence-corrected chi connectivity index (χ4v) is 3.80. The third-order valence-corrected chi connectivity index (χ3v) is 5.26. The summed E-state index contributed by atoms with van der Waals surface area (Å²) in [5.74, 6) is -0.0905. The maximum absolute atomic E-state index is 12.6. The molecule has 1 radical (unpaired) electrons. The second-order valence-electron chi connectivity index (χ2n) is 4.67. The van der Waals surface area contributed by atoms with Crippen LogP contribution < -0.4 is 4.90 Å². The zero-order valence-electron chi connectivity index (χ0n) is 13.3. The zero-order chi connectivity index (χ0) is 15.8. The molecule has 0 N–H and O–H groups in total. The number of hydrogen-bond donors (Lipinski definition) is 0. The third-order valence-electron chi connectivity index (χ3n) is 3.08. The van der Waals surface area contributed by atoms with Gasteiger partial charge in [0.2, 0.25) is 0 Å². The van der Waals surface area contributed by atoms with E-state index in [1.807, 2.05) is 44.2 Å². The molecule has 0 aliphatic heterocycles. The van der Waals surface area contributed by atoms with E-state index >= 15 is 0 Å². The number of anilines is 1. The third kappa shape index (κ3) is 4.52. The molecule has 0 aliphatic rings. The maximum Gasteiger partial charge on any atom is 0.409 e. The summed E-state index contributed by atoms with van der Waals surface area (Å²) in [6, 6.07) is 9.61. The minimum absolute atomic E-state index is 0.0905. The number of benzene rings is 1. The molecular formula is C16H24NO3Si. The highest BCUT2D eigenvalue weighted by Gasteiger charge is 2.35. The molecule has 1 unspecified atom stereocenters. The first kappa shape index (κ1) is 17.6. The maximum atomic E-state index is 12.6. The molecule has 21 heavy (non-hydrogen) atoms. The van der Waals surface area contributed by atoms with E-state index in [1.54, 1.807) is 18.9 Å². The SMILES string of the molecule is C=C(C)C(=O)N(c1ccccc1)C(CC)[Si](OC)OCC. The lowest BCUT2D eigenvalue weighted by Crippen LogP contribution is -2.52. The topological polar surface area (TPSA) is 38.8 Å². The molecule has 1 aromatic carbocycles. The number of amides is 1. The summed E-state index contributed by atoms with van der Waals surface area (Å²) in [6.07, 6.45) is 0.760.